The molecule has 0 radical (unpaired) electrons. The highest BCUT2D eigenvalue weighted by molar-refractivity contribution is 7.99. The molecule has 134 valence electrons. The fourth-order valence-electron chi connectivity index (χ4n) is 3.00. The first kappa shape index (κ1) is 16.8. The lowest BCUT2D eigenvalue weighted by Crippen LogP contribution is -2.38. The number of benzene rings is 1. The number of nitrogens with zero attached hydrogens (tertiary/aromatic N) is 5. The molecule has 1 aliphatic rings. The smallest absolute Gasteiger partial charge is 0.279 e. The lowest BCUT2D eigenvalue weighted by Gasteiger charge is -2.15. The van der Waals surface area contributed by atoms with Crippen LogP contribution in [0.25, 0.3) is 11.2 Å². The van der Waals surface area contributed by atoms with Crippen LogP contribution in [0.5, 0.6) is 0 Å². The molecule has 1 aromatic carbocycles. The van der Waals surface area contributed by atoms with E-state index in [1.807, 2.05) is 0 Å². The predicted molar refractivity (Wildman–Crippen MR) is 98.8 cm³/mol. The van der Waals surface area contributed by atoms with Crippen LogP contribution in [0.1, 0.15) is 12.0 Å². The van der Waals surface area contributed by atoms with Gasteiger partial charge in [-0.1, -0.05) is 23.9 Å². The Hall–Kier alpha value is -2.68. The minimum atomic E-state index is -0.480. The van der Waals surface area contributed by atoms with Crippen LogP contribution >= 0.6 is 11.8 Å². The minimum absolute atomic E-state index is 0.223. The van der Waals surface area contributed by atoms with Gasteiger partial charge in [-0.05, 0) is 18.6 Å². The standard InChI is InChI=1S/C17H16FN5O2S/c1-21-14-12(15(24)22(2)17(21)25)23-13(10-6-3-4-7-11(10)18)19-8-5-9-26-16(23)20-14/h3-4,6-7H,5,8-9H2,1-2H3. The summed E-state index contributed by atoms with van der Waals surface area (Å²) in [5, 5.41) is 0.528. The molecule has 3 heterocycles. The van der Waals surface area contributed by atoms with Gasteiger partial charge in [0.15, 0.2) is 16.3 Å². The molecular formula is C17H16FN5O2S. The van der Waals surface area contributed by atoms with Crippen LogP contribution in [0.2, 0.25) is 0 Å². The first-order chi connectivity index (χ1) is 12.5. The third kappa shape index (κ3) is 2.42. The average Bonchev–Trinajstić information content (AvgIpc) is 2.98. The van der Waals surface area contributed by atoms with E-state index in [4.69, 9.17) is 0 Å². The molecule has 1 aliphatic heterocycles. The topological polar surface area (TPSA) is 74.2 Å². The van der Waals surface area contributed by atoms with E-state index in [1.165, 1.54) is 29.4 Å². The molecule has 7 nitrogen and oxygen atoms in total. The SMILES string of the molecule is Cn1c(=O)c2c(nc3n2C(c2ccccc2F)=NCCCS3)n(C)c1=O. The summed E-state index contributed by atoms with van der Waals surface area (Å²) < 4.78 is 18.4. The molecule has 0 aliphatic carbocycles. The van der Waals surface area contributed by atoms with Crippen molar-refractivity contribution in [2.45, 2.75) is 11.6 Å². The third-order valence-electron chi connectivity index (χ3n) is 4.35. The summed E-state index contributed by atoms with van der Waals surface area (Å²) in [5.41, 5.74) is -0.144. The Morgan fingerprint density at radius 1 is 1.15 bits per heavy atom. The predicted octanol–water partition coefficient (Wildman–Crippen LogP) is 1.36. The molecule has 9 heteroatoms. The summed E-state index contributed by atoms with van der Waals surface area (Å²) in [4.78, 5) is 34.1. The van der Waals surface area contributed by atoms with Gasteiger partial charge in [0.1, 0.15) is 11.7 Å². The maximum Gasteiger partial charge on any atom is 0.332 e. The zero-order valence-electron chi connectivity index (χ0n) is 14.3. The second-order valence-electron chi connectivity index (χ2n) is 5.99. The third-order valence-corrected chi connectivity index (χ3v) is 5.37. The molecular weight excluding hydrogens is 357 g/mol. The summed E-state index contributed by atoms with van der Waals surface area (Å²) >= 11 is 1.47. The number of halogens is 1. The number of rotatable bonds is 1. The highest BCUT2D eigenvalue weighted by Gasteiger charge is 2.25. The normalized spacial score (nSPS) is 14.7. The van der Waals surface area contributed by atoms with E-state index in [9.17, 15) is 14.0 Å². The zero-order valence-corrected chi connectivity index (χ0v) is 15.1. The van der Waals surface area contributed by atoms with Crippen LogP contribution in [0.15, 0.2) is 44.0 Å². The van der Waals surface area contributed by atoms with Crippen molar-refractivity contribution in [3.8, 4) is 0 Å². The average molecular weight is 373 g/mol. The summed E-state index contributed by atoms with van der Waals surface area (Å²) in [5.74, 6) is 0.681. The maximum atomic E-state index is 14.5. The van der Waals surface area contributed by atoms with Crippen molar-refractivity contribution in [1.82, 2.24) is 18.7 Å². The Morgan fingerprint density at radius 3 is 2.69 bits per heavy atom. The lowest BCUT2D eigenvalue weighted by atomic mass is 10.2. The van der Waals surface area contributed by atoms with E-state index in [0.29, 0.717) is 23.1 Å². The van der Waals surface area contributed by atoms with Crippen LogP contribution < -0.4 is 11.2 Å². The number of aromatic nitrogens is 4. The Morgan fingerprint density at radius 2 is 1.92 bits per heavy atom. The lowest BCUT2D eigenvalue weighted by molar-refractivity contribution is 0.623. The van der Waals surface area contributed by atoms with Gasteiger partial charge in [-0.25, -0.2) is 14.2 Å². The molecule has 2 aromatic heterocycles. The van der Waals surface area contributed by atoms with Crippen LogP contribution in [0.4, 0.5) is 4.39 Å². The van der Waals surface area contributed by atoms with E-state index in [0.717, 1.165) is 16.7 Å². The van der Waals surface area contributed by atoms with Gasteiger partial charge in [-0.15, -0.1) is 0 Å². The molecule has 0 unspecified atom stereocenters. The summed E-state index contributed by atoms with van der Waals surface area (Å²) in [6.45, 7) is 0.516. The van der Waals surface area contributed by atoms with Crippen molar-refractivity contribution >= 4 is 28.8 Å². The van der Waals surface area contributed by atoms with Crippen LogP contribution in [0, 0.1) is 5.82 Å². The number of fused-ring (bicyclic) bond motifs is 3. The van der Waals surface area contributed by atoms with Gasteiger partial charge in [0.05, 0.1) is 5.56 Å². The Bertz CT molecular complexity index is 1170. The largest absolute Gasteiger partial charge is 0.332 e. The number of hydrogen-bond donors (Lipinski definition) is 0. The Kier molecular flexibility index (Phi) is 4.03. The van der Waals surface area contributed by atoms with E-state index in [-0.39, 0.29) is 11.2 Å². The first-order valence-electron chi connectivity index (χ1n) is 8.11. The fourth-order valence-corrected chi connectivity index (χ4v) is 3.91. The molecule has 0 spiro atoms. The van der Waals surface area contributed by atoms with Crippen molar-refractivity contribution in [2.24, 2.45) is 19.1 Å². The minimum Gasteiger partial charge on any atom is -0.279 e. The van der Waals surface area contributed by atoms with Gasteiger partial charge in [0.2, 0.25) is 0 Å². The first-order valence-corrected chi connectivity index (χ1v) is 9.10. The van der Waals surface area contributed by atoms with Gasteiger partial charge in [0.25, 0.3) is 5.56 Å². The van der Waals surface area contributed by atoms with Gasteiger partial charge >= 0.3 is 5.69 Å². The molecule has 4 rings (SSSR count). The highest BCUT2D eigenvalue weighted by Crippen LogP contribution is 2.26. The number of aliphatic imine (C=N–C) groups is 1. The summed E-state index contributed by atoms with van der Waals surface area (Å²) in [6, 6.07) is 6.31. The molecule has 0 N–H and O–H groups in total. The number of thioether (sulfide) groups is 1. The van der Waals surface area contributed by atoms with E-state index >= 15 is 0 Å². The second-order valence-corrected chi connectivity index (χ2v) is 7.06. The number of imidazole rings is 1. The molecule has 3 aromatic rings. The Labute approximate surface area is 151 Å². The van der Waals surface area contributed by atoms with Crippen LogP contribution in [-0.4, -0.2) is 36.8 Å². The molecule has 26 heavy (non-hydrogen) atoms. The van der Waals surface area contributed by atoms with E-state index < -0.39 is 17.1 Å². The monoisotopic (exact) mass is 373 g/mol. The van der Waals surface area contributed by atoms with Gasteiger partial charge in [-0.2, -0.15) is 0 Å². The van der Waals surface area contributed by atoms with Gasteiger partial charge in [-0.3, -0.25) is 23.5 Å². The maximum absolute atomic E-state index is 14.5. The molecule has 0 saturated heterocycles. The molecule has 0 saturated carbocycles. The summed E-state index contributed by atoms with van der Waals surface area (Å²) in [7, 11) is 2.98. The van der Waals surface area contributed by atoms with Gasteiger partial charge in [0, 0.05) is 26.4 Å². The van der Waals surface area contributed by atoms with Crippen molar-refractivity contribution < 1.29 is 4.39 Å². The highest BCUT2D eigenvalue weighted by atomic mass is 32.2. The van der Waals surface area contributed by atoms with Gasteiger partial charge < -0.3 is 0 Å². The van der Waals surface area contributed by atoms with Crippen molar-refractivity contribution in [3.63, 3.8) is 0 Å². The van der Waals surface area contributed by atoms with E-state index in [2.05, 4.69) is 9.98 Å². The fraction of sp³-hybridized carbons (Fsp3) is 0.294. The van der Waals surface area contributed by atoms with Crippen molar-refractivity contribution in [3.05, 3.63) is 56.5 Å². The zero-order chi connectivity index (χ0) is 18.4. The van der Waals surface area contributed by atoms with Crippen LogP contribution in [0.3, 0.4) is 0 Å². The second kappa shape index (κ2) is 6.24. The number of aryl methyl sites for hydroxylation is 1. The summed E-state index contributed by atoms with van der Waals surface area (Å²) in [6.07, 6.45) is 0.808. The quantitative estimate of drug-likeness (QED) is 0.646. The Balaban J connectivity index is 2.15. The van der Waals surface area contributed by atoms with E-state index in [1.54, 1.807) is 29.8 Å². The number of hydrogen-bond acceptors (Lipinski definition) is 5. The van der Waals surface area contributed by atoms with Crippen molar-refractivity contribution in [2.75, 3.05) is 12.3 Å². The molecule has 0 atom stereocenters. The van der Waals surface area contributed by atoms with Crippen molar-refractivity contribution in [1.29, 1.82) is 0 Å². The van der Waals surface area contributed by atoms with Crippen LogP contribution in [-0.2, 0) is 14.1 Å². The molecule has 0 bridgehead atoms. The molecule has 0 amide bonds. The molecule has 0 fully saturated rings.